The molecule has 1 amide bonds. The van der Waals surface area contributed by atoms with Crippen molar-refractivity contribution in [3.05, 3.63) is 35.9 Å². The van der Waals surface area contributed by atoms with E-state index < -0.39 is 21.7 Å². The normalized spacial score (nSPS) is 21.9. The molecule has 0 aromatic heterocycles. The summed E-state index contributed by atoms with van der Waals surface area (Å²) in [6.07, 6.45) is 0. The van der Waals surface area contributed by atoms with Gasteiger partial charge in [0, 0.05) is 25.0 Å². The van der Waals surface area contributed by atoms with Crippen molar-refractivity contribution in [2.75, 3.05) is 25.9 Å². The molecule has 6 nitrogen and oxygen atoms in total. The lowest BCUT2D eigenvalue weighted by atomic mass is 9.95. The molecule has 118 valence electrons. The number of rotatable bonds is 4. The number of nitrogens with two attached hydrogens (primary N) is 1. The molecular formula is C13H20ClN3O3S. The number of likely N-dealkylation sites (tertiary alicyclic amines) is 1. The Morgan fingerprint density at radius 3 is 2.52 bits per heavy atom. The zero-order chi connectivity index (χ0) is 14.8. The Balaban J connectivity index is 0.00000220. The van der Waals surface area contributed by atoms with Crippen LogP contribution in [0.1, 0.15) is 11.5 Å². The van der Waals surface area contributed by atoms with Crippen LogP contribution in [0.25, 0.3) is 0 Å². The lowest BCUT2D eigenvalue weighted by Gasteiger charge is -2.16. The zero-order valence-corrected chi connectivity index (χ0v) is 13.4. The molecule has 3 N–H and O–H groups in total. The number of hydrogen-bond donors (Lipinski definition) is 2. The highest BCUT2D eigenvalue weighted by Gasteiger charge is 2.34. The number of nitrogens with zero attached hydrogens (tertiary/aromatic N) is 1. The number of nitrogens with one attached hydrogen (secondary N) is 1. The first-order chi connectivity index (χ1) is 9.43. The minimum atomic E-state index is -3.54. The fourth-order valence-electron chi connectivity index (χ4n) is 2.41. The molecule has 1 aliphatic heterocycles. The first kappa shape index (κ1) is 17.9. The highest BCUT2D eigenvalue weighted by Crippen LogP contribution is 2.26. The zero-order valence-electron chi connectivity index (χ0n) is 11.7. The fourth-order valence-corrected chi connectivity index (χ4v) is 3.06. The summed E-state index contributed by atoms with van der Waals surface area (Å²) in [4.78, 5) is 13.5. The van der Waals surface area contributed by atoms with Gasteiger partial charge in [0.25, 0.3) is 0 Å². The minimum absolute atomic E-state index is 0. The Labute approximate surface area is 131 Å². The molecule has 0 unspecified atom stereocenters. The van der Waals surface area contributed by atoms with Gasteiger partial charge in [0.2, 0.25) is 15.9 Å². The van der Waals surface area contributed by atoms with Crippen molar-refractivity contribution >= 4 is 28.3 Å². The highest BCUT2D eigenvalue weighted by atomic mass is 35.5. The van der Waals surface area contributed by atoms with E-state index in [1.165, 1.54) is 11.9 Å². The number of hydrogen-bond acceptors (Lipinski definition) is 4. The summed E-state index contributed by atoms with van der Waals surface area (Å²) in [5.41, 5.74) is 7.15. The SMILES string of the molecule is CNS(=O)(=O)CC(=O)N1C[C@@H](N)[C@H](c2ccccc2)C1.Cl. The number of benzene rings is 1. The van der Waals surface area contributed by atoms with Crippen molar-refractivity contribution < 1.29 is 13.2 Å². The molecule has 1 aromatic rings. The van der Waals surface area contributed by atoms with Crippen LogP contribution in [0, 0.1) is 0 Å². The Morgan fingerprint density at radius 2 is 1.95 bits per heavy atom. The van der Waals surface area contributed by atoms with Crippen molar-refractivity contribution in [2.24, 2.45) is 5.73 Å². The number of carbonyl (C=O) groups excluding carboxylic acids is 1. The molecule has 1 heterocycles. The molecule has 2 rings (SSSR count). The van der Waals surface area contributed by atoms with E-state index in [0.717, 1.165) is 5.56 Å². The van der Waals surface area contributed by atoms with Gasteiger partial charge in [0.1, 0.15) is 5.75 Å². The third-order valence-electron chi connectivity index (χ3n) is 3.57. The van der Waals surface area contributed by atoms with E-state index >= 15 is 0 Å². The average molecular weight is 334 g/mol. The molecule has 1 aromatic carbocycles. The molecular weight excluding hydrogens is 314 g/mol. The lowest BCUT2D eigenvalue weighted by molar-refractivity contribution is -0.127. The van der Waals surface area contributed by atoms with Gasteiger partial charge in [-0.2, -0.15) is 0 Å². The average Bonchev–Trinajstić information content (AvgIpc) is 2.81. The van der Waals surface area contributed by atoms with E-state index in [1.807, 2.05) is 30.3 Å². The third kappa shape index (κ3) is 4.41. The summed E-state index contributed by atoms with van der Waals surface area (Å²) in [5, 5.41) is 0. The Kier molecular flexibility index (Phi) is 6.15. The van der Waals surface area contributed by atoms with Crippen LogP contribution in [0.2, 0.25) is 0 Å². The Hall–Kier alpha value is -1.15. The maximum atomic E-state index is 12.0. The molecule has 0 spiro atoms. The summed E-state index contributed by atoms with van der Waals surface area (Å²) in [5.74, 6) is -0.886. The van der Waals surface area contributed by atoms with E-state index in [0.29, 0.717) is 13.1 Å². The number of halogens is 1. The summed E-state index contributed by atoms with van der Waals surface area (Å²) in [6, 6.07) is 9.56. The van der Waals surface area contributed by atoms with Crippen LogP contribution in [0.3, 0.4) is 0 Å². The van der Waals surface area contributed by atoms with Crippen LogP contribution in [-0.4, -0.2) is 51.2 Å². The predicted molar refractivity (Wildman–Crippen MR) is 83.8 cm³/mol. The quantitative estimate of drug-likeness (QED) is 0.805. The van der Waals surface area contributed by atoms with Crippen LogP contribution >= 0.6 is 12.4 Å². The molecule has 21 heavy (non-hydrogen) atoms. The fraction of sp³-hybridized carbons (Fsp3) is 0.462. The molecule has 1 saturated heterocycles. The smallest absolute Gasteiger partial charge is 0.239 e. The monoisotopic (exact) mass is 333 g/mol. The Morgan fingerprint density at radius 1 is 1.33 bits per heavy atom. The van der Waals surface area contributed by atoms with E-state index in [4.69, 9.17) is 5.73 Å². The molecule has 8 heteroatoms. The second-order valence-corrected chi connectivity index (χ2v) is 6.87. The molecule has 1 aliphatic rings. The van der Waals surface area contributed by atoms with Crippen molar-refractivity contribution in [1.29, 1.82) is 0 Å². The van der Waals surface area contributed by atoms with Crippen molar-refractivity contribution in [3.63, 3.8) is 0 Å². The first-order valence-electron chi connectivity index (χ1n) is 6.42. The van der Waals surface area contributed by atoms with E-state index in [-0.39, 0.29) is 24.4 Å². The van der Waals surface area contributed by atoms with Gasteiger partial charge in [-0.25, -0.2) is 13.1 Å². The number of sulfonamides is 1. The highest BCUT2D eigenvalue weighted by molar-refractivity contribution is 7.90. The summed E-state index contributed by atoms with van der Waals surface area (Å²) >= 11 is 0. The van der Waals surface area contributed by atoms with Crippen molar-refractivity contribution in [2.45, 2.75) is 12.0 Å². The van der Waals surface area contributed by atoms with Crippen molar-refractivity contribution in [1.82, 2.24) is 9.62 Å². The van der Waals surface area contributed by atoms with Crippen LogP contribution in [0.5, 0.6) is 0 Å². The topological polar surface area (TPSA) is 92.5 Å². The predicted octanol–water partition coefficient (Wildman–Crippen LogP) is -0.0893. The second kappa shape index (κ2) is 7.22. The largest absolute Gasteiger partial charge is 0.340 e. The molecule has 2 atom stereocenters. The van der Waals surface area contributed by atoms with Crippen molar-refractivity contribution in [3.8, 4) is 0 Å². The first-order valence-corrected chi connectivity index (χ1v) is 8.07. The second-order valence-electron chi connectivity index (χ2n) is 4.94. The van der Waals surface area contributed by atoms with Gasteiger partial charge in [0.15, 0.2) is 0 Å². The van der Waals surface area contributed by atoms with E-state index in [2.05, 4.69) is 4.72 Å². The van der Waals surface area contributed by atoms with Gasteiger partial charge in [-0.1, -0.05) is 30.3 Å². The van der Waals surface area contributed by atoms with Gasteiger partial charge >= 0.3 is 0 Å². The van der Waals surface area contributed by atoms with Gasteiger partial charge in [0.05, 0.1) is 0 Å². The summed E-state index contributed by atoms with van der Waals surface area (Å²) in [6.45, 7) is 0.848. The minimum Gasteiger partial charge on any atom is -0.340 e. The van der Waals surface area contributed by atoms with Crippen LogP contribution in [-0.2, 0) is 14.8 Å². The van der Waals surface area contributed by atoms with Crippen LogP contribution in [0.15, 0.2) is 30.3 Å². The van der Waals surface area contributed by atoms with Gasteiger partial charge in [-0.15, -0.1) is 12.4 Å². The maximum absolute atomic E-state index is 12.0. The van der Waals surface area contributed by atoms with Gasteiger partial charge in [-0.3, -0.25) is 4.79 Å². The summed E-state index contributed by atoms with van der Waals surface area (Å²) < 4.78 is 25.0. The number of carbonyl (C=O) groups is 1. The molecule has 1 fully saturated rings. The Bertz CT molecular complexity index is 580. The van der Waals surface area contributed by atoms with Gasteiger partial charge < -0.3 is 10.6 Å². The standard InChI is InChI=1S/C13H19N3O3S.ClH/c1-15-20(18,19)9-13(17)16-7-11(12(14)8-16)10-5-3-2-4-6-10;/h2-6,11-12,15H,7-9,14H2,1H3;1H/t11-,12+;/m0./s1. The molecule has 0 bridgehead atoms. The molecule has 0 radical (unpaired) electrons. The van der Waals surface area contributed by atoms with E-state index in [1.54, 1.807) is 0 Å². The third-order valence-corrected chi connectivity index (χ3v) is 4.82. The lowest BCUT2D eigenvalue weighted by Crippen LogP contribution is -2.38. The van der Waals surface area contributed by atoms with Crippen LogP contribution in [0.4, 0.5) is 0 Å². The maximum Gasteiger partial charge on any atom is 0.239 e. The van der Waals surface area contributed by atoms with Crippen LogP contribution < -0.4 is 10.5 Å². The summed E-state index contributed by atoms with van der Waals surface area (Å²) in [7, 11) is -2.24. The molecule has 0 saturated carbocycles. The van der Waals surface area contributed by atoms with E-state index in [9.17, 15) is 13.2 Å². The number of amides is 1. The molecule has 0 aliphatic carbocycles. The van der Waals surface area contributed by atoms with Gasteiger partial charge in [-0.05, 0) is 12.6 Å².